The van der Waals surface area contributed by atoms with E-state index in [0.29, 0.717) is 5.82 Å². The van der Waals surface area contributed by atoms with E-state index in [4.69, 9.17) is 11.6 Å². The van der Waals surface area contributed by atoms with E-state index >= 15 is 0 Å². The van der Waals surface area contributed by atoms with Gasteiger partial charge >= 0.3 is 0 Å². The summed E-state index contributed by atoms with van der Waals surface area (Å²) in [5.41, 5.74) is 7.03. The van der Waals surface area contributed by atoms with Crippen molar-refractivity contribution in [3.63, 3.8) is 0 Å². The molecular formula is C11H22N4. The van der Waals surface area contributed by atoms with Gasteiger partial charge in [0.15, 0.2) is 0 Å². The molecule has 0 saturated carbocycles. The third-order valence-corrected chi connectivity index (χ3v) is 2.27. The van der Waals surface area contributed by atoms with Crippen molar-refractivity contribution in [2.75, 3.05) is 11.6 Å². The Balaban J connectivity index is 2.95. The van der Waals surface area contributed by atoms with Gasteiger partial charge in [0.05, 0.1) is 5.69 Å². The van der Waals surface area contributed by atoms with Gasteiger partial charge in [0.2, 0.25) is 0 Å². The molecule has 15 heavy (non-hydrogen) atoms. The normalized spacial score (nSPS) is 12.0. The molecule has 0 aliphatic carbocycles. The number of aromatic nitrogens is 2. The van der Waals surface area contributed by atoms with Crippen LogP contribution in [0.15, 0.2) is 0 Å². The summed E-state index contributed by atoms with van der Waals surface area (Å²) < 4.78 is 1.52. The third-order valence-electron chi connectivity index (χ3n) is 2.27. The van der Waals surface area contributed by atoms with Gasteiger partial charge in [-0.15, -0.1) is 0 Å². The monoisotopic (exact) mass is 210 g/mol. The van der Waals surface area contributed by atoms with Crippen molar-refractivity contribution in [2.45, 2.75) is 47.0 Å². The molecule has 0 aliphatic heterocycles. The summed E-state index contributed by atoms with van der Waals surface area (Å²) in [6.07, 6.45) is 2.77. The van der Waals surface area contributed by atoms with E-state index in [9.17, 15) is 0 Å². The van der Waals surface area contributed by atoms with Gasteiger partial charge in [-0.2, -0.15) is 0 Å². The zero-order valence-electron chi connectivity index (χ0n) is 10.2. The molecule has 0 saturated heterocycles. The Hall–Kier alpha value is -1.19. The van der Waals surface area contributed by atoms with Crippen LogP contribution in [0.1, 0.15) is 45.6 Å². The molecule has 0 spiro atoms. The van der Waals surface area contributed by atoms with Crippen molar-refractivity contribution in [3.05, 3.63) is 11.5 Å². The summed E-state index contributed by atoms with van der Waals surface area (Å²) in [5.74, 6) is 7.33. The molecule has 0 fully saturated rings. The van der Waals surface area contributed by atoms with Gasteiger partial charge < -0.3 is 11.6 Å². The highest BCUT2D eigenvalue weighted by molar-refractivity contribution is 5.39. The number of nitrogens with two attached hydrogens (primary N) is 2. The SMILES string of the molecule is CCCc1nc(CC(C)(C)C)c(N)n1N. The number of hydrogen-bond acceptors (Lipinski definition) is 3. The third kappa shape index (κ3) is 2.88. The second-order valence-electron chi connectivity index (χ2n) is 5.22. The van der Waals surface area contributed by atoms with Crippen LogP contribution in [0.2, 0.25) is 0 Å². The Bertz CT molecular complexity index is 333. The molecule has 4 heteroatoms. The van der Waals surface area contributed by atoms with E-state index in [-0.39, 0.29) is 5.41 Å². The number of nitrogen functional groups attached to an aromatic ring is 2. The van der Waals surface area contributed by atoms with Crippen LogP contribution in [0.3, 0.4) is 0 Å². The summed E-state index contributed by atoms with van der Waals surface area (Å²) in [4.78, 5) is 4.50. The number of aryl methyl sites for hydroxylation is 1. The molecule has 1 heterocycles. The zero-order valence-corrected chi connectivity index (χ0v) is 10.2. The Morgan fingerprint density at radius 3 is 2.40 bits per heavy atom. The van der Waals surface area contributed by atoms with E-state index < -0.39 is 0 Å². The summed E-state index contributed by atoms with van der Waals surface area (Å²) in [5, 5.41) is 0. The molecule has 0 amide bonds. The maximum atomic E-state index is 5.92. The van der Waals surface area contributed by atoms with E-state index in [1.54, 1.807) is 0 Å². The molecule has 1 rings (SSSR count). The fourth-order valence-corrected chi connectivity index (χ4v) is 1.58. The van der Waals surface area contributed by atoms with Crippen molar-refractivity contribution in [3.8, 4) is 0 Å². The van der Waals surface area contributed by atoms with Gasteiger partial charge in [-0.3, -0.25) is 0 Å². The van der Waals surface area contributed by atoms with Crippen molar-refractivity contribution in [1.29, 1.82) is 0 Å². The summed E-state index contributed by atoms with van der Waals surface area (Å²) in [7, 11) is 0. The van der Waals surface area contributed by atoms with Gasteiger partial charge in [-0.25, -0.2) is 9.66 Å². The van der Waals surface area contributed by atoms with Crippen molar-refractivity contribution in [1.82, 2.24) is 9.66 Å². The zero-order chi connectivity index (χ0) is 11.6. The lowest BCUT2D eigenvalue weighted by molar-refractivity contribution is 0.407. The highest BCUT2D eigenvalue weighted by Crippen LogP contribution is 2.23. The topological polar surface area (TPSA) is 69.9 Å². The molecule has 4 N–H and O–H groups in total. The lowest BCUT2D eigenvalue weighted by atomic mass is 9.90. The van der Waals surface area contributed by atoms with E-state index in [1.807, 2.05) is 0 Å². The van der Waals surface area contributed by atoms with Gasteiger partial charge in [-0.1, -0.05) is 27.7 Å². The van der Waals surface area contributed by atoms with E-state index in [0.717, 1.165) is 30.8 Å². The lowest BCUT2D eigenvalue weighted by Gasteiger charge is -2.16. The van der Waals surface area contributed by atoms with E-state index in [2.05, 4.69) is 32.7 Å². The van der Waals surface area contributed by atoms with Gasteiger partial charge in [-0.05, 0) is 18.3 Å². The first kappa shape index (κ1) is 11.9. The largest absolute Gasteiger partial charge is 0.382 e. The second kappa shape index (κ2) is 4.13. The molecule has 0 radical (unpaired) electrons. The van der Waals surface area contributed by atoms with Gasteiger partial charge in [0, 0.05) is 6.42 Å². The van der Waals surface area contributed by atoms with Crippen LogP contribution in [0.4, 0.5) is 5.82 Å². The highest BCUT2D eigenvalue weighted by atomic mass is 15.4. The van der Waals surface area contributed by atoms with Gasteiger partial charge in [0.1, 0.15) is 11.6 Å². The number of imidazole rings is 1. The fourth-order valence-electron chi connectivity index (χ4n) is 1.58. The molecule has 86 valence electrons. The van der Waals surface area contributed by atoms with Crippen LogP contribution in [0.5, 0.6) is 0 Å². The van der Waals surface area contributed by atoms with Crippen LogP contribution >= 0.6 is 0 Å². The van der Waals surface area contributed by atoms with Crippen LogP contribution < -0.4 is 11.6 Å². The molecule has 1 aromatic rings. The Labute approximate surface area is 91.6 Å². The Morgan fingerprint density at radius 2 is 1.93 bits per heavy atom. The molecule has 0 aromatic carbocycles. The predicted octanol–water partition coefficient (Wildman–Crippen LogP) is 1.72. The molecule has 0 atom stereocenters. The van der Waals surface area contributed by atoms with Gasteiger partial charge in [0.25, 0.3) is 0 Å². The minimum Gasteiger partial charge on any atom is -0.382 e. The van der Waals surface area contributed by atoms with E-state index in [1.165, 1.54) is 4.68 Å². The maximum Gasteiger partial charge on any atom is 0.145 e. The van der Waals surface area contributed by atoms with Crippen LogP contribution in [-0.4, -0.2) is 9.66 Å². The molecule has 0 aliphatic rings. The van der Waals surface area contributed by atoms with Crippen LogP contribution in [0.25, 0.3) is 0 Å². The first-order chi connectivity index (χ1) is 6.85. The number of rotatable bonds is 3. The Kier molecular flexibility index (Phi) is 3.27. The fraction of sp³-hybridized carbons (Fsp3) is 0.727. The first-order valence-electron chi connectivity index (χ1n) is 5.46. The number of anilines is 1. The first-order valence-corrected chi connectivity index (χ1v) is 5.46. The Morgan fingerprint density at radius 1 is 1.33 bits per heavy atom. The van der Waals surface area contributed by atoms with Crippen molar-refractivity contribution >= 4 is 5.82 Å². The summed E-state index contributed by atoms with van der Waals surface area (Å²) >= 11 is 0. The van der Waals surface area contributed by atoms with Crippen molar-refractivity contribution < 1.29 is 0 Å². The lowest BCUT2D eigenvalue weighted by Crippen LogP contribution is -2.16. The number of hydrogen-bond donors (Lipinski definition) is 2. The summed E-state index contributed by atoms with van der Waals surface area (Å²) in [6, 6.07) is 0. The highest BCUT2D eigenvalue weighted by Gasteiger charge is 2.18. The maximum absolute atomic E-state index is 5.92. The molecule has 1 aromatic heterocycles. The predicted molar refractivity (Wildman–Crippen MR) is 63.9 cm³/mol. The number of nitrogens with zero attached hydrogens (tertiary/aromatic N) is 2. The molecule has 0 bridgehead atoms. The average Bonchev–Trinajstić information content (AvgIpc) is 2.32. The minimum atomic E-state index is 0.186. The standard InChI is InChI=1S/C11H22N4/c1-5-6-9-14-8(7-11(2,3)4)10(12)15(9)13/h5-7,12-13H2,1-4H3. The summed E-state index contributed by atoms with van der Waals surface area (Å²) in [6.45, 7) is 8.61. The van der Waals surface area contributed by atoms with Crippen LogP contribution in [0, 0.1) is 5.41 Å². The molecular weight excluding hydrogens is 188 g/mol. The quantitative estimate of drug-likeness (QED) is 0.746. The minimum absolute atomic E-state index is 0.186. The van der Waals surface area contributed by atoms with Crippen LogP contribution in [-0.2, 0) is 12.8 Å². The van der Waals surface area contributed by atoms with Crippen molar-refractivity contribution in [2.24, 2.45) is 5.41 Å². The smallest absolute Gasteiger partial charge is 0.145 e. The molecule has 0 unspecified atom stereocenters. The average molecular weight is 210 g/mol. The second-order valence-corrected chi connectivity index (χ2v) is 5.22. The molecule has 4 nitrogen and oxygen atoms in total.